The first-order valence-electron chi connectivity index (χ1n) is 3.28. The van der Waals surface area contributed by atoms with Crippen molar-refractivity contribution in [3.05, 3.63) is 12.2 Å². The molecule has 0 fully saturated rings. The number of nitrogens with zero attached hydrogens (tertiary/aromatic N) is 1. The Bertz CT molecular complexity index is 190. The molecule has 3 nitrogen and oxygen atoms in total. The minimum absolute atomic E-state index is 0.208. The minimum atomic E-state index is -2.23. The third kappa shape index (κ3) is 2.49. The van der Waals surface area contributed by atoms with Gasteiger partial charge in [-0.1, -0.05) is 12.2 Å². The Kier molecular flexibility index (Phi) is 2.89. The van der Waals surface area contributed by atoms with Gasteiger partial charge in [-0.2, -0.15) is 0 Å². The van der Waals surface area contributed by atoms with Crippen LogP contribution < -0.4 is 0 Å². The van der Waals surface area contributed by atoms with E-state index in [1.807, 2.05) is 11.0 Å². The molecule has 10 heavy (non-hydrogen) atoms. The van der Waals surface area contributed by atoms with Gasteiger partial charge in [0, 0.05) is 13.1 Å². The third-order valence-corrected chi connectivity index (χ3v) is 2.09. The molecule has 0 radical (unpaired) electrons. The van der Waals surface area contributed by atoms with Gasteiger partial charge in [0.05, 0.1) is 5.88 Å². The molecule has 0 aromatic rings. The highest BCUT2D eigenvalue weighted by Gasteiger charge is 2.05. The Morgan fingerprint density at radius 1 is 1.40 bits per heavy atom. The second-order valence-corrected chi connectivity index (χ2v) is 3.26. The normalized spacial score (nSPS) is 20.1. The van der Waals surface area contributed by atoms with Gasteiger partial charge in [0.1, 0.15) is 0 Å². The lowest BCUT2D eigenvalue weighted by Crippen LogP contribution is -2.28. The summed E-state index contributed by atoms with van der Waals surface area (Å²) in [6, 6.07) is 0. The Balaban J connectivity index is 2.35. The van der Waals surface area contributed by atoms with Crippen molar-refractivity contribution in [1.29, 1.82) is 0 Å². The number of rotatable bonds is 2. The van der Waals surface area contributed by atoms with Gasteiger partial charge in [-0.15, -0.1) is 0 Å². The van der Waals surface area contributed by atoms with Crippen molar-refractivity contribution in [2.45, 2.75) is 6.42 Å². The molecule has 0 spiro atoms. The van der Waals surface area contributed by atoms with Gasteiger partial charge in [0.25, 0.3) is 0 Å². The fraction of sp³-hybridized carbons (Fsp3) is 0.667. The maximum Gasteiger partial charge on any atom is 0.153 e. The van der Waals surface area contributed by atoms with E-state index in [0.717, 1.165) is 19.5 Å². The van der Waals surface area contributed by atoms with Gasteiger partial charge in [-0.25, -0.2) is 8.42 Å². The lowest BCUT2D eigenvalue weighted by molar-refractivity contribution is 0.344. The van der Waals surface area contributed by atoms with Crippen molar-refractivity contribution < 1.29 is 8.42 Å². The molecule has 1 heterocycles. The van der Waals surface area contributed by atoms with Gasteiger partial charge in [-0.3, -0.25) is 4.90 Å². The van der Waals surface area contributed by atoms with Crippen molar-refractivity contribution in [3.63, 3.8) is 0 Å². The standard InChI is InChI=1S/C6H11NO2S/c8-10(9)6-7-4-2-1-3-5-7/h1-2,10H,3-6H2. The van der Waals surface area contributed by atoms with Crippen LogP contribution >= 0.6 is 0 Å². The average Bonchev–Trinajstić information content (AvgIpc) is 1.88. The van der Waals surface area contributed by atoms with Crippen LogP contribution in [-0.4, -0.2) is 32.3 Å². The summed E-state index contributed by atoms with van der Waals surface area (Å²) in [5.41, 5.74) is 0. The zero-order chi connectivity index (χ0) is 7.40. The second kappa shape index (κ2) is 3.73. The van der Waals surface area contributed by atoms with Crippen molar-refractivity contribution in [2.24, 2.45) is 0 Å². The highest BCUT2D eigenvalue weighted by molar-refractivity contribution is 7.72. The average molecular weight is 161 g/mol. The Labute approximate surface area is 62.3 Å². The van der Waals surface area contributed by atoms with Crippen LogP contribution in [0.2, 0.25) is 0 Å². The summed E-state index contributed by atoms with van der Waals surface area (Å²) in [6.07, 6.45) is 5.06. The van der Waals surface area contributed by atoms with Crippen LogP contribution in [0.25, 0.3) is 0 Å². The molecular weight excluding hydrogens is 150 g/mol. The van der Waals surface area contributed by atoms with Crippen LogP contribution in [-0.2, 0) is 10.7 Å². The first-order valence-corrected chi connectivity index (χ1v) is 4.64. The number of hydrogen-bond acceptors (Lipinski definition) is 3. The van der Waals surface area contributed by atoms with Crippen molar-refractivity contribution >= 4 is 10.7 Å². The minimum Gasteiger partial charge on any atom is -0.286 e. The van der Waals surface area contributed by atoms with Crippen molar-refractivity contribution in [1.82, 2.24) is 4.90 Å². The Morgan fingerprint density at radius 2 is 2.20 bits per heavy atom. The largest absolute Gasteiger partial charge is 0.286 e. The Hall–Kier alpha value is -0.350. The number of hydrogen-bond donors (Lipinski definition) is 1. The smallest absolute Gasteiger partial charge is 0.153 e. The number of thiol groups is 1. The van der Waals surface area contributed by atoms with Gasteiger partial charge < -0.3 is 0 Å². The molecule has 0 atom stereocenters. The molecule has 0 N–H and O–H groups in total. The van der Waals surface area contributed by atoms with Crippen molar-refractivity contribution in [2.75, 3.05) is 19.0 Å². The molecule has 58 valence electrons. The summed E-state index contributed by atoms with van der Waals surface area (Å²) >= 11 is 0. The van der Waals surface area contributed by atoms with Gasteiger partial charge >= 0.3 is 0 Å². The van der Waals surface area contributed by atoms with E-state index >= 15 is 0 Å². The van der Waals surface area contributed by atoms with E-state index in [1.54, 1.807) is 0 Å². The Morgan fingerprint density at radius 3 is 2.70 bits per heavy atom. The molecule has 0 aliphatic carbocycles. The maximum atomic E-state index is 10.2. The molecule has 0 saturated carbocycles. The van der Waals surface area contributed by atoms with Crippen LogP contribution in [0.1, 0.15) is 6.42 Å². The van der Waals surface area contributed by atoms with E-state index in [9.17, 15) is 8.42 Å². The SMILES string of the molecule is O=[SH](=O)CN1CC=CCC1. The highest BCUT2D eigenvalue weighted by atomic mass is 32.2. The predicted molar refractivity (Wildman–Crippen MR) is 40.5 cm³/mol. The topological polar surface area (TPSA) is 37.4 Å². The molecule has 1 aliphatic heterocycles. The van der Waals surface area contributed by atoms with Gasteiger partial charge in [0.2, 0.25) is 0 Å². The summed E-state index contributed by atoms with van der Waals surface area (Å²) < 4.78 is 20.5. The highest BCUT2D eigenvalue weighted by Crippen LogP contribution is 1.99. The molecule has 0 amide bonds. The fourth-order valence-electron chi connectivity index (χ4n) is 0.982. The fourth-order valence-corrected chi connectivity index (χ4v) is 1.57. The van der Waals surface area contributed by atoms with E-state index in [2.05, 4.69) is 6.08 Å². The van der Waals surface area contributed by atoms with Crippen molar-refractivity contribution in [3.8, 4) is 0 Å². The summed E-state index contributed by atoms with van der Waals surface area (Å²) in [4.78, 5) is 1.91. The van der Waals surface area contributed by atoms with E-state index < -0.39 is 10.7 Å². The predicted octanol–water partition coefficient (Wildman–Crippen LogP) is -0.183. The lowest BCUT2D eigenvalue weighted by Gasteiger charge is -2.19. The molecule has 0 saturated heterocycles. The summed E-state index contributed by atoms with van der Waals surface area (Å²) in [5.74, 6) is 0.208. The quantitative estimate of drug-likeness (QED) is 0.451. The van der Waals surface area contributed by atoms with Crippen LogP contribution in [0.15, 0.2) is 12.2 Å². The summed E-state index contributed by atoms with van der Waals surface area (Å²) in [5, 5.41) is 0. The first-order chi connectivity index (χ1) is 4.79. The molecular formula is C6H11NO2S. The van der Waals surface area contributed by atoms with E-state index in [4.69, 9.17) is 0 Å². The van der Waals surface area contributed by atoms with Crippen LogP contribution in [0, 0.1) is 0 Å². The molecule has 0 unspecified atom stereocenters. The summed E-state index contributed by atoms with van der Waals surface area (Å²) in [6.45, 7) is 1.66. The monoisotopic (exact) mass is 161 g/mol. The van der Waals surface area contributed by atoms with Crippen LogP contribution in [0.3, 0.4) is 0 Å². The first kappa shape index (κ1) is 7.75. The molecule has 0 aromatic heterocycles. The van der Waals surface area contributed by atoms with E-state index in [1.165, 1.54) is 0 Å². The second-order valence-electron chi connectivity index (χ2n) is 2.31. The van der Waals surface area contributed by atoms with Crippen LogP contribution in [0.5, 0.6) is 0 Å². The zero-order valence-corrected chi connectivity index (χ0v) is 6.59. The van der Waals surface area contributed by atoms with Gasteiger partial charge in [0.15, 0.2) is 10.7 Å². The van der Waals surface area contributed by atoms with E-state index in [0.29, 0.717) is 0 Å². The molecule has 1 rings (SSSR count). The summed E-state index contributed by atoms with van der Waals surface area (Å²) in [7, 11) is -2.23. The third-order valence-electron chi connectivity index (χ3n) is 1.46. The van der Waals surface area contributed by atoms with Gasteiger partial charge in [-0.05, 0) is 6.42 Å². The molecule has 0 bridgehead atoms. The molecule has 4 heteroatoms. The van der Waals surface area contributed by atoms with E-state index in [-0.39, 0.29) is 5.88 Å². The molecule has 1 aliphatic rings. The van der Waals surface area contributed by atoms with Crippen LogP contribution in [0.4, 0.5) is 0 Å². The zero-order valence-electron chi connectivity index (χ0n) is 5.69. The maximum absolute atomic E-state index is 10.2. The lowest BCUT2D eigenvalue weighted by atomic mass is 10.3. The molecule has 0 aromatic carbocycles.